The summed E-state index contributed by atoms with van der Waals surface area (Å²) in [6.45, 7) is 3.52. The molecule has 0 bridgehead atoms. The van der Waals surface area contributed by atoms with E-state index >= 15 is 0 Å². The van der Waals surface area contributed by atoms with Gasteiger partial charge in [0.15, 0.2) is 16.7 Å². The Balaban J connectivity index is 1.30. The third-order valence-electron chi connectivity index (χ3n) is 5.87. The number of fused-ring (bicyclic) bond motifs is 2. The highest BCUT2D eigenvalue weighted by molar-refractivity contribution is 7.13. The molecule has 2 aliphatic rings. The van der Waals surface area contributed by atoms with E-state index in [9.17, 15) is 14.4 Å². The predicted octanol–water partition coefficient (Wildman–Crippen LogP) is 3.07. The standard InChI is InChI=1S/C24H22N4O3S/c29-20(15-27-10-4-11-28(13-12-27)24-25-9-14-32-24)26-19-8-3-7-18-21(19)23(31)17-6-2-1-5-16(17)22(18)30/h1-3,5-9,14H,4,10-13,15H2,(H,26,29). The molecule has 3 aromatic rings. The number of carbonyl (C=O) groups excluding carboxylic acids is 3. The summed E-state index contributed by atoms with van der Waals surface area (Å²) in [6.07, 6.45) is 2.75. The number of hydrogen-bond acceptors (Lipinski definition) is 7. The van der Waals surface area contributed by atoms with Gasteiger partial charge < -0.3 is 10.2 Å². The van der Waals surface area contributed by atoms with Crippen LogP contribution in [0.3, 0.4) is 0 Å². The number of nitrogens with zero attached hydrogens (tertiary/aromatic N) is 3. The Morgan fingerprint density at radius 1 is 0.938 bits per heavy atom. The van der Waals surface area contributed by atoms with Gasteiger partial charge in [-0.1, -0.05) is 36.4 Å². The van der Waals surface area contributed by atoms with E-state index in [4.69, 9.17) is 0 Å². The largest absolute Gasteiger partial charge is 0.347 e. The molecule has 32 heavy (non-hydrogen) atoms. The van der Waals surface area contributed by atoms with Crippen LogP contribution in [0.25, 0.3) is 0 Å². The van der Waals surface area contributed by atoms with E-state index in [1.165, 1.54) is 0 Å². The van der Waals surface area contributed by atoms with Crippen molar-refractivity contribution >= 4 is 39.6 Å². The number of aromatic nitrogens is 1. The van der Waals surface area contributed by atoms with Crippen LogP contribution >= 0.6 is 11.3 Å². The van der Waals surface area contributed by atoms with Gasteiger partial charge in [-0.05, 0) is 12.5 Å². The van der Waals surface area contributed by atoms with Gasteiger partial charge in [-0.25, -0.2) is 4.98 Å². The van der Waals surface area contributed by atoms with Crippen LogP contribution in [0.2, 0.25) is 0 Å². The molecule has 1 aliphatic heterocycles. The lowest BCUT2D eigenvalue weighted by molar-refractivity contribution is -0.117. The summed E-state index contributed by atoms with van der Waals surface area (Å²) in [4.78, 5) is 47.6. The first-order chi connectivity index (χ1) is 15.6. The fourth-order valence-electron chi connectivity index (χ4n) is 4.33. The second-order valence-corrected chi connectivity index (χ2v) is 8.78. The van der Waals surface area contributed by atoms with Crippen molar-refractivity contribution in [3.05, 3.63) is 76.3 Å². The molecule has 1 saturated heterocycles. The van der Waals surface area contributed by atoms with Crippen LogP contribution in [0.4, 0.5) is 10.8 Å². The zero-order chi connectivity index (χ0) is 22.1. The van der Waals surface area contributed by atoms with Crippen LogP contribution in [-0.4, -0.2) is 60.1 Å². The van der Waals surface area contributed by atoms with Gasteiger partial charge in [0.1, 0.15) is 0 Å². The van der Waals surface area contributed by atoms with Crippen molar-refractivity contribution in [3.63, 3.8) is 0 Å². The van der Waals surface area contributed by atoms with Gasteiger partial charge in [0.25, 0.3) is 0 Å². The van der Waals surface area contributed by atoms with Gasteiger partial charge in [-0.2, -0.15) is 0 Å². The molecule has 1 aliphatic carbocycles. The fraction of sp³-hybridized carbons (Fsp3) is 0.250. The van der Waals surface area contributed by atoms with Gasteiger partial charge in [0, 0.05) is 54.4 Å². The summed E-state index contributed by atoms with van der Waals surface area (Å²) < 4.78 is 0. The average Bonchev–Trinajstić information content (AvgIpc) is 3.24. The molecule has 2 heterocycles. The van der Waals surface area contributed by atoms with E-state index in [1.807, 2.05) is 5.38 Å². The van der Waals surface area contributed by atoms with E-state index in [-0.39, 0.29) is 29.6 Å². The highest BCUT2D eigenvalue weighted by atomic mass is 32.1. The van der Waals surface area contributed by atoms with Crippen molar-refractivity contribution in [1.82, 2.24) is 9.88 Å². The van der Waals surface area contributed by atoms with Gasteiger partial charge >= 0.3 is 0 Å². The summed E-state index contributed by atoms with van der Waals surface area (Å²) in [5.41, 5.74) is 1.78. The number of thiazole rings is 1. The maximum Gasteiger partial charge on any atom is 0.238 e. The topological polar surface area (TPSA) is 82.6 Å². The quantitative estimate of drug-likeness (QED) is 0.519. The normalized spacial score (nSPS) is 16.3. The van der Waals surface area contributed by atoms with Crippen LogP contribution in [0.1, 0.15) is 38.3 Å². The van der Waals surface area contributed by atoms with Gasteiger partial charge in [0.05, 0.1) is 17.8 Å². The van der Waals surface area contributed by atoms with Crippen LogP contribution in [0.5, 0.6) is 0 Å². The molecule has 7 nitrogen and oxygen atoms in total. The van der Waals surface area contributed by atoms with Crippen molar-refractivity contribution in [2.45, 2.75) is 6.42 Å². The zero-order valence-electron chi connectivity index (χ0n) is 17.4. The van der Waals surface area contributed by atoms with Gasteiger partial charge in [-0.15, -0.1) is 11.3 Å². The molecular weight excluding hydrogens is 424 g/mol. The third kappa shape index (κ3) is 3.83. The molecule has 1 fully saturated rings. The Labute approximate surface area is 189 Å². The summed E-state index contributed by atoms with van der Waals surface area (Å²) in [5, 5.41) is 5.86. The number of ketones is 2. The zero-order valence-corrected chi connectivity index (χ0v) is 18.2. The molecule has 1 amide bonds. The number of nitrogens with one attached hydrogen (secondary N) is 1. The first-order valence-corrected chi connectivity index (χ1v) is 11.5. The van der Waals surface area contributed by atoms with Crippen LogP contribution < -0.4 is 10.2 Å². The Bertz CT molecular complexity index is 1190. The van der Waals surface area contributed by atoms with Gasteiger partial charge in [-0.3, -0.25) is 19.3 Å². The maximum atomic E-state index is 13.1. The molecule has 2 aromatic carbocycles. The van der Waals surface area contributed by atoms with Crippen molar-refractivity contribution in [2.24, 2.45) is 0 Å². The Morgan fingerprint density at radius 3 is 2.50 bits per heavy atom. The Hall–Kier alpha value is -3.36. The summed E-state index contributed by atoms with van der Waals surface area (Å²) >= 11 is 1.62. The van der Waals surface area contributed by atoms with Crippen LogP contribution in [-0.2, 0) is 4.79 Å². The Kier molecular flexibility index (Phi) is 5.55. The lowest BCUT2D eigenvalue weighted by atomic mass is 9.83. The molecule has 0 spiro atoms. The number of rotatable bonds is 4. The lowest BCUT2D eigenvalue weighted by Gasteiger charge is -2.22. The number of amides is 1. The molecular formula is C24H22N4O3S. The van der Waals surface area contributed by atoms with Gasteiger partial charge in [0.2, 0.25) is 5.91 Å². The number of anilines is 2. The summed E-state index contributed by atoms with van der Waals surface area (Å²) in [6, 6.07) is 11.8. The number of hydrogen-bond donors (Lipinski definition) is 1. The van der Waals surface area contributed by atoms with Crippen LogP contribution in [0.15, 0.2) is 54.0 Å². The minimum atomic E-state index is -0.236. The monoisotopic (exact) mass is 446 g/mol. The highest BCUT2D eigenvalue weighted by Crippen LogP contribution is 2.32. The highest BCUT2D eigenvalue weighted by Gasteiger charge is 2.31. The lowest BCUT2D eigenvalue weighted by Crippen LogP contribution is -2.36. The average molecular weight is 447 g/mol. The molecule has 1 aromatic heterocycles. The van der Waals surface area contributed by atoms with E-state index in [1.54, 1.807) is 60.0 Å². The fourth-order valence-corrected chi connectivity index (χ4v) is 5.03. The molecule has 8 heteroatoms. The molecule has 0 radical (unpaired) electrons. The van der Waals surface area contributed by atoms with E-state index in [0.717, 1.165) is 37.7 Å². The van der Waals surface area contributed by atoms with E-state index < -0.39 is 0 Å². The number of carbonyl (C=O) groups is 3. The van der Waals surface area contributed by atoms with Crippen molar-refractivity contribution in [1.29, 1.82) is 0 Å². The van der Waals surface area contributed by atoms with Crippen LogP contribution in [0, 0.1) is 0 Å². The first kappa shape index (κ1) is 20.5. The minimum absolute atomic E-state index is 0.193. The number of benzene rings is 2. The third-order valence-corrected chi connectivity index (χ3v) is 6.70. The molecule has 0 unspecified atom stereocenters. The smallest absolute Gasteiger partial charge is 0.238 e. The summed E-state index contributed by atoms with van der Waals surface area (Å²) in [5.74, 6) is -0.624. The Morgan fingerprint density at radius 2 is 1.72 bits per heavy atom. The van der Waals surface area contributed by atoms with Crippen molar-refractivity contribution in [3.8, 4) is 0 Å². The van der Waals surface area contributed by atoms with Crippen molar-refractivity contribution in [2.75, 3.05) is 42.9 Å². The second-order valence-electron chi connectivity index (χ2n) is 7.91. The predicted molar refractivity (Wildman–Crippen MR) is 124 cm³/mol. The maximum absolute atomic E-state index is 13.1. The minimum Gasteiger partial charge on any atom is -0.347 e. The summed E-state index contributed by atoms with van der Waals surface area (Å²) in [7, 11) is 0. The van der Waals surface area contributed by atoms with E-state index in [0.29, 0.717) is 22.4 Å². The molecule has 5 rings (SSSR count). The second kappa shape index (κ2) is 8.64. The molecule has 0 atom stereocenters. The van der Waals surface area contributed by atoms with Crippen molar-refractivity contribution < 1.29 is 14.4 Å². The molecule has 1 N–H and O–H groups in total. The first-order valence-electron chi connectivity index (χ1n) is 10.6. The molecule has 162 valence electrons. The van der Waals surface area contributed by atoms with E-state index in [2.05, 4.69) is 20.1 Å². The SMILES string of the molecule is O=C(CN1CCCN(c2nccs2)CC1)Nc1cccc2c1C(=O)c1ccccc1C2=O. The molecule has 0 saturated carbocycles.